The molecule has 0 saturated carbocycles. The average molecular weight is 395 g/mol. The van der Waals surface area contributed by atoms with Crippen molar-refractivity contribution >= 4 is 38.9 Å². The van der Waals surface area contributed by atoms with Crippen LogP contribution in [0.4, 0.5) is 5.69 Å². The van der Waals surface area contributed by atoms with E-state index in [1.807, 2.05) is 0 Å². The number of rotatable bonds is 6. The Morgan fingerprint density at radius 3 is 2.12 bits per heavy atom. The molecule has 8 heteroatoms. The lowest BCUT2D eigenvalue weighted by atomic mass is 10.2. The molecule has 0 heterocycles. The van der Waals surface area contributed by atoms with Crippen LogP contribution in [-0.2, 0) is 14.6 Å². The quantitative estimate of drug-likeness (QED) is 0.816. The van der Waals surface area contributed by atoms with Crippen LogP contribution in [0.15, 0.2) is 53.4 Å². The van der Waals surface area contributed by atoms with E-state index in [-0.39, 0.29) is 23.0 Å². The molecule has 2 rings (SSSR count). The van der Waals surface area contributed by atoms with Crippen molar-refractivity contribution in [3.05, 3.63) is 59.1 Å². The zero-order valence-electron chi connectivity index (χ0n) is 14.4. The van der Waals surface area contributed by atoms with Crippen LogP contribution in [0.25, 0.3) is 0 Å². The van der Waals surface area contributed by atoms with Gasteiger partial charge in [-0.1, -0.05) is 11.6 Å². The van der Waals surface area contributed by atoms with Gasteiger partial charge in [0.1, 0.15) is 0 Å². The Hall–Kier alpha value is -2.38. The van der Waals surface area contributed by atoms with Crippen LogP contribution in [0.5, 0.6) is 0 Å². The van der Waals surface area contributed by atoms with E-state index in [0.717, 1.165) is 0 Å². The Balaban J connectivity index is 1.94. The van der Waals surface area contributed by atoms with E-state index in [1.54, 1.807) is 38.4 Å². The molecule has 0 fully saturated rings. The van der Waals surface area contributed by atoms with Crippen molar-refractivity contribution in [1.29, 1.82) is 0 Å². The molecule has 0 radical (unpaired) electrons. The predicted octanol–water partition coefficient (Wildman–Crippen LogP) is 2.84. The van der Waals surface area contributed by atoms with Gasteiger partial charge in [-0.3, -0.25) is 9.59 Å². The molecule has 1 N–H and O–H groups in total. The Kier molecular flexibility index (Phi) is 6.39. The highest BCUT2D eigenvalue weighted by molar-refractivity contribution is 7.91. The summed E-state index contributed by atoms with van der Waals surface area (Å²) in [6.45, 7) is 0. The second-order valence-electron chi connectivity index (χ2n) is 5.85. The van der Waals surface area contributed by atoms with Crippen molar-refractivity contribution in [1.82, 2.24) is 4.90 Å². The second-order valence-corrected chi connectivity index (χ2v) is 8.39. The summed E-state index contributed by atoms with van der Waals surface area (Å²) >= 11 is 5.74. The molecule has 0 unspecified atom stereocenters. The van der Waals surface area contributed by atoms with Crippen molar-refractivity contribution in [2.24, 2.45) is 0 Å². The second kappa shape index (κ2) is 8.33. The SMILES string of the molecule is CN(C)C(=O)c1ccc(NC(=O)CCS(=O)(=O)c2ccc(Cl)cc2)cc1. The number of benzene rings is 2. The number of nitrogens with zero attached hydrogens (tertiary/aromatic N) is 1. The van der Waals surface area contributed by atoms with Gasteiger partial charge in [0.15, 0.2) is 9.84 Å². The molecule has 6 nitrogen and oxygen atoms in total. The summed E-state index contributed by atoms with van der Waals surface area (Å²) in [6.07, 6.45) is -0.177. The predicted molar refractivity (Wildman–Crippen MR) is 101 cm³/mol. The monoisotopic (exact) mass is 394 g/mol. The van der Waals surface area contributed by atoms with Crippen LogP contribution in [0, 0.1) is 0 Å². The largest absolute Gasteiger partial charge is 0.345 e. The molecule has 26 heavy (non-hydrogen) atoms. The molecule has 0 aromatic heterocycles. The lowest BCUT2D eigenvalue weighted by Gasteiger charge is -2.11. The van der Waals surface area contributed by atoms with Gasteiger partial charge in [0.25, 0.3) is 5.91 Å². The lowest BCUT2D eigenvalue weighted by molar-refractivity contribution is -0.115. The third-order valence-electron chi connectivity index (χ3n) is 3.59. The number of hydrogen-bond acceptors (Lipinski definition) is 4. The number of hydrogen-bond donors (Lipinski definition) is 1. The maximum Gasteiger partial charge on any atom is 0.253 e. The Bertz CT molecular complexity index is 892. The summed E-state index contributed by atoms with van der Waals surface area (Å²) < 4.78 is 24.4. The van der Waals surface area contributed by atoms with Gasteiger partial charge in [-0.2, -0.15) is 0 Å². The molecule has 2 amide bonds. The van der Waals surface area contributed by atoms with Crippen LogP contribution in [0.2, 0.25) is 5.02 Å². The zero-order chi connectivity index (χ0) is 19.3. The summed E-state index contributed by atoms with van der Waals surface area (Å²) in [7, 11) is -0.258. The summed E-state index contributed by atoms with van der Waals surface area (Å²) in [5.74, 6) is -0.872. The van der Waals surface area contributed by atoms with Gasteiger partial charge in [0.05, 0.1) is 10.6 Å². The highest BCUT2D eigenvalue weighted by Gasteiger charge is 2.16. The molecule has 2 aromatic rings. The van der Waals surface area contributed by atoms with E-state index in [4.69, 9.17) is 11.6 Å². The number of halogens is 1. The minimum Gasteiger partial charge on any atom is -0.345 e. The summed E-state index contributed by atoms with van der Waals surface area (Å²) in [5.41, 5.74) is 0.993. The van der Waals surface area contributed by atoms with Gasteiger partial charge in [-0.25, -0.2) is 8.42 Å². The van der Waals surface area contributed by atoms with Crippen LogP contribution >= 0.6 is 11.6 Å². The number of nitrogens with one attached hydrogen (secondary N) is 1. The van der Waals surface area contributed by atoms with Gasteiger partial charge in [-0.15, -0.1) is 0 Å². The molecular formula is C18H19ClN2O4S. The van der Waals surface area contributed by atoms with Crippen molar-refractivity contribution in [3.63, 3.8) is 0 Å². The summed E-state index contributed by atoms with van der Waals surface area (Å²) in [5, 5.41) is 3.06. The van der Waals surface area contributed by atoms with E-state index < -0.39 is 15.7 Å². The number of anilines is 1. The van der Waals surface area contributed by atoms with E-state index in [1.165, 1.54) is 29.2 Å². The summed E-state index contributed by atoms with van der Waals surface area (Å²) in [4.78, 5) is 25.4. The van der Waals surface area contributed by atoms with E-state index in [2.05, 4.69) is 5.32 Å². The Labute approximate surface area is 157 Å². The first-order valence-corrected chi connectivity index (χ1v) is 9.82. The lowest BCUT2D eigenvalue weighted by Crippen LogP contribution is -2.21. The van der Waals surface area contributed by atoms with Gasteiger partial charge >= 0.3 is 0 Å². The van der Waals surface area contributed by atoms with E-state index >= 15 is 0 Å². The highest BCUT2D eigenvalue weighted by atomic mass is 35.5. The highest BCUT2D eigenvalue weighted by Crippen LogP contribution is 2.17. The van der Waals surface area contributed by atoms with Crippen molar-refractivity contribution in [2.75, 3.05) is 25.2 Å². The Morgan fingerprint density at radius 1 is 1.00 bits per heavy atom. The zero-order valence-corrected chi connectivity index (χ0v) is 16.0. The van der Waals surface area contributed by atoms with Crippen LogP contribution in [0.1, 0.15) is 16.8 Å². The third-order valence-corrected chi connectivity index (χ3v) is 5.58. The van der Waals surface area contributed by atoms with Crippen LogP contribution < -0.4 is 5.32 Å². The van der Waals surface area contributed by atoms with Crippen molar-refractivity contribution in [3.8, 4) is 0 Å². The van der Waals surface area contributed by atoms with E-state index in [9.17, 15) is 18.0 Å². The van der Waals surface area contributed by atoms with Gasteiger partial charge in [-0.05, 0) is 48.5 Å². The van der Waals surface area contributed by atoms with Crippen LogP contribution in [-0.4, -0.2) is 45.0 Å². The maximum absolute atomic E-state index is 12.2. The maximum atomic E-state index is 12.2. The topological polar surface area (TPSA) is 83.6 Å². The minimum absolute atomic E-state index is 0.126. The molecule has 0 aliphatic heterocycles. The van der Waals surface area contributed by atoms with Crippen LogP contribution in [0.3, 0.4) is 0 Å². The minimum atomic E-state index is -3.56. The summed E-state index contributed by atoms with van der Waals surface area (Å²) in [6, 6.07) is 12.2. The average Bonchev–Trinajstić information content (AvgIpc) is 2.60. The third kappa shape index (κ3) is 5.31. The molecule has 0 saturated heterocycles. The van der Waals surface area contributed by atoms with Gasteiger partial charge < -0.3 is 10.2 Å². The number of sulfone groups is 1. The molecular weight excluding hydrogens is 376 g/mol. The van der Waals surface area contributed by atoms with E-state index in [0.29, 0.717) is 16.3 Å². The Morgan fingerprint density at radius 2 is 1.58 bits per heavy atom. The van der Waals surface area contributed by atoms with Crippen molar-refractivity contribution in [2.45, 2.75) is 11.3 Å². The fourth-order valence-corrected chi connectivity index (χ4v) is 3.53. The fourth-order valence-electron chi connectivity index (χ4n) is 2.16. The molecule has 0 atom stereocenters. The number of carbonyl (C=O) groups excluding carboxylic acids is 2. The first-order valence-electron chi connectivity index (χ1n) is 7.79. The van der Waals surface area contributed by atoms with Gasteiger partial charge in [0, 0.05) is 36.8 Å². The first-order chi connectivity index (χ1) is 12.2. The molecule has 0 aliphatic carbocycles. The smallest absolute Gasteiger partial charge is 0.253 e. The molecule has 0 aliphatic rings. The standard InChI is InChI=1S/C18H19ClN2O4S/c1-21(2)18(23)13-3-7-15(8-4-13)20-17(22)11-12-26(24,25)16-9-5-14(19)6-10-16/h3-10H,11-12H2,1-2H3,(H,20,22). The number of amides is 2. The molecule has 0 spiro atoms. The first kappa shape index (κ1) is 19.9. The normalized spacial score (nSPS) is 11.0. The fraction of sp³-hybridized carbons (Fsp3) is 0.222. The van der Waals surface area contributed by atoms with Crippen molar-refractivity contribution < 1.29 is 18.0 Å². The van der Waals surface area contributed by atoms with Gasteiger partial charge in [0.2, 0.25) is 5.91 Å². The molecule has 0 bridgehead atoms. The molecule has 2 aromatic carbocycles. The number of carbonyl (C=O) groups is 2. The molecule has 138 valence electrons.